The topological polar surface area (TPSA) is 64.3 Å². The van der Waals surface area contributed by atoms with Crippen molar-refractivity contribution in [2.45, 2.75) is 0 Å². The second-order valence-electron chi connectivity index (χ2n) is 4.61. The molecule has 1 aliphatic heterocycles. The molecule has 0 radical (unpaired) electrons. The maximum absolute atomic E-state index is 6.07. The summed E-state index contributed by atoms with van der Waals surface area (Å²) in [4.78, 5) is 16.7. The third kappa shape index (κ3) is 2.37. The Kier molecular flexibility index (Phi) is 3.25. The minimum Gasteiger partial charge on any atom is -0.443 e. The SMILES string of the molecule is Clc1nc(N2CCOCC2)c2cc(-c3cnco3)sc2n1. The summed E-state index contributed by atoms with van der Waals surface area (Å²) in [5, 5.41) is 1.24. The molecule has 0 unspecified atom stereocenters. The van der Waals surface area contributed by atoms with E-state index in [-0.39, 0.29) is 5.28 Å². The lowest BCUT2D eigenvalue weighted by Crippen LogP contribution is -2.36. The van der Waals surface area contributed by atoms with Crippen molar-refractivity contribution in [3.63, 3.8) is 0 Å². The number of rotatable bonds is 2. The maximum atomic E-state index is 6.07. The van der Waals surface area contributed by atoms with Gasteiger partial charge in [-0.05, 0) is 17.7 Å². The van der Waals surface area contributed by atoms with Crippen LogP contribution in [0.25, 0.3) is 20.9 Å². The van der Waals surface area contributed by atoms with Crippen LogP contribution in [0.1, 0.15) is 0 Å². The highest BCUT2D eigenvalue weighted by Gasteiger charge is 2.19. The van der Waals surface area contributed by atoms with Crippen molar-refractivity contribution < 1.29 is 9.15 Å². The summed E-state index contributed by atoms with van der Waals surface area (Å²) in [6.07, 6.45) is 3.11. The largest absolute Gasteiger partial charge is 0.443 e. The van der Waals surface area contributed by atoms with Gasteiger partial charge in [-0.3, -0.25) is 0 Å². The fourth-order valence-electron chi connectivity index (χ4n) is 2.36. The molecule has 1 aliphatic rings. The monoisotopic (exact) mass is 322 g/mol. The van der Waals surface area contributed by atoms with Crippen molar-refractivity contribution in [3.8, 4) is 10.6 Å². The van der Waals surface area contributed by atoms with Gasteiger partial charge in [-0.2, -0.15) is 4.98 Å². The summed E-state index contributed by atoms with van der Waals surface area (Å²) in [6.45, 7) is 3.00. The van der Waals surface area contributed by atoms with Crippen molar-refractivity contribution in [1.82, 2.24) is 15.0 Å². The molecule has 0 spiro atoms. The molecule has 0 atom stereocenters. The number of fused-ring (bicyclic) bond motifs is 1. The smallest absolute Gasteiger partial charge is 0.225 e. The Bertz CT molecular complexity index is 768. The third-order valence-corrected chi connectivity index (χ3v) is 4.54. The average Bonchev–Trinajstić information content (AvgIpc) is 3.16. The van der Waals surface area contributed by atoms with E-state index in [9.17, 15) is 0 Å². The van der Waals surface area contributed by atoms with Gasteiger partial charge in [0.2, 0.25) is 5.28 Å². The Balaban J connectivity index is 1.85. The molecule has 1 fully saturated rings. The molecule has 0 amide bonds. The molecule has 0 bridgehead atoms. The third-order valence-electron chi connectivity index (χ3n) is 3.33. The normalized spacial score (nSPS) is 15.8. The first-order valence-electron chi connectivity index (χ1n) is 6.50. The molecule has 3 aromatic heterocycles. The average molecular weight is 323 g/mol. The van der Waals surface area contributed by atoms with Gasteiger partial charge < -0.3 is 14.1 Å². The summed E-state index contributed by atoms with van der Waals surface area (Å²) in [5.74, 6) is 1.58. The van der Waals surface area contributed by atoms with Crippen LogP contribution in [0.4, 0.5) is 5.82 Å². The number of halogens is 1. The van der Waals surface area contributed by atoms with Crippen molar-refractivity contribution in [3.05, 3.63) is 23.9 Å². The zero-order valence-corrected chi connectivity index (χ0v) is 12.5. The van der Waals surface area contributed by atoms with E-state index in [0.717, 1.165) is 39.8 Å². The standard InChI is InChI=1S/C13H11ClN4O2S/c14-13-16-11(18-1-3-19-4-2-18)8-5-10(21-12(8)17-13)9-6-15-7-20-9/h5-7H,1-4H2. The van der Waals surface area contributed by atoms with Gasteiger partial charge in [0.05, 0.1) is 29.7 Å². The fraction of sp³-hybridized carbons (Fsp3) is 0.308. The first-order valence-corrected chi connectivity index (χ1v) is 7.69. The van der Waals surface area contributed by atoms with Crippen LogP contribution in [-0.4, -0.2) is 41.3 Å². The first kappa shape index (κ1) is 13.0. The first-order chi connectivity index (χ1) is 10.3. The maximum Gasteiger partial charge on any atom is 0.225 e. The minimum absolute atomic E-state index is 0.259. The zero-order valence-electron chi connectivity index (χ0n) is 11.0. The molecule has 108 valence electrons. The lowest BCUT2D eigenvalue weighted by atomic mass is 10.3. The highest BCUT2D eigenvalue weighted by Crippen LogP contribution is 2.37. The lowest BCUT2D eigenvalue weighted by molar-refractivity contribution is 0.122. The number of anilines is 1. The molecule has 0 N–H and O–H groups in total. The van der Waals surface area contributed by atoms with Gasteiger partial charge in [-0.25, -0.2) is 9.97 Å². The van der Waals surface area contributed by atoms with E-state index in [1.54, 1.807) is 6.20 Å². The van der Waals surface area contributed by atoms with E-state index in [2.05, 4.69) is 19.9 Å². The van der Waals surface area contributed by atoms with Crippen LogP contribution < -0.4 is 4.90 Å². The number of nitrogens with zero attached hydrogens (tertiary/aromatic N) is 4. The molecule has 4 heterocycles. The predicted molar refractivity (Wildman–Crippen MR) is 81.0 cm³/mol. The highest BCUT2D eigenvalue weighted by atomic mass is 35.5. The van der Waals surface area contributed by atoms with Gasteiger partial charge >= 0.3 is 0 Å². The molecule has 6 nitrogen and oxygen atoms in total. The quantitative estimate of drug-likeness (QED) is 0.676. The highest BCUT2D eigenvalue weighted by molar-refractivity contribution is 7.21. The predicted octanol–water partition coefficient (Wildman–Crippen LogP) is 2.84. The Morgan fingerprint density at radius 1 is 1.24 bits per heavy atom. The van der Waals surface area contributed by atoms with Gasteiger partial charge in [-0.1, -0.05) is 0 Å². The lowest BCUT2D eigenvalue weighted by Gasteiger charge is -2.28. The summed E-state index contributed by atoms with van der Waals surface area (Å²) in [7, 11) is 0. The molecule has 3 aromatic rings. The summed E-state index contributed by atoms with van der Waals surface area (Å²) in [5.41, 5.74) is 0. The van der Waals surface area contributed by atoms with Crippen LogP contribution >= 0.6 is 22.9 Å². The van der Waals surface area contributed by atoms with Crippen molar-refractivity contribution >= 4 is 39.0 Å². The van der Waals surface area contributed by atoms with Crippen LogP contribution in [0.2, 0.25) is 5.28 Å². The minimum atomic E-state index is 0.259. The Morgan fingerprint density at radius 2 is 2.10 bits per heavy atom. The van der Waals surface area contributed by atoms with Crippen LogP contribution in [-0.2, 0) is 4.74 Å². The summed E-state index contributed by atoms with van der Waals surface area (Å²) < 4.78 is 10.7. The van der Waals surface area contributed by atoms with Gasteiger partial charge in [0, 0.05) is 13.1 Å². The number of aromatic nitrogens is 3. The van der Waals surface area contributed by atoms with Gasteiger partial charge in [0.15, 0.2) is 12.2 Å². The molecule has 21 heavy (non-hydrogen) atoms. The van der Waals surface area contributed by atoms with Crippen LogP contribution in [0.5, 0.6) is 0 Å². The molecule has 0 saturated carbocycles. The number of hydrogen-bond acceptors (Lipinski definition) is 7. The second kappa shape index (κ2) is 5.25. The van der Waals surface area contributed by atoms with E-state index in [0.29, 0.717) is 13.2 Å². The number of hydrogen-bond donors (Lipinski definition) is 0. The number of morpholine rings is 1. The van der Waals surface area contributed by atoms with Crippen LogP contribution in [0, 0.1) is 0 Å². The van der Waals surface area contributed by atoms with E-state index >= 15 is 0 Å². The van der Waals surface area contributed by atoms with Crippen molar-refractivity contribution in [2.24, 2.45) is 0 Å². The molecule has 4 rings (SSSR count). The van der Waals surface area contributed by atoms with E-state index in [4.69, 9.17) is 20.8 Å². The molecule has 0 aliphatic carbocycles. The van der Waals surface area contributed by atoms with E-state index < -0.39 is 0 Å². The molecular weight excluding hydrogens is 312 g/mol. The number of oxazole rings is 1. The summed E-state index contributed by atoms with van der Waals surface area (Å²) in [6, 6.07) is 2.03. The van der Waals surface area contributed by atoms with Crippen LogP contribution in [0.15, 0.2) is 23.1 Å². The summed E-state index contributed by atoms with van der Waals surface area (Å²) >= 11 is 7.59. The van der Waals surface area contributed by atoms with Gasteiger partial charge in [-0.15, -0.1) is 11.3 Å². The molecule has 8 heteroatoms. The Morgan fingerprint density at radius 3 is 2.86 bits per heavy atom. The Labute approximate surface area is 129 Å². The second-order valence-corrected chi connectivity index (χ2v) is 5.98. The molecule has 0 aromatic carbocycles. The van der Waals surface area contributed by atoms with E-state index in [1.165, 1.54) is 17.7 Å². The fourth-order valence-corrected chi connectivity index (χ4v) is 3.55. The number of ether oxygens (including phenoxy) is 1. The van der Waals surface area contributed by atoms with Crippen LogP contribution in [0.3, 0.4) is 0 Å². The Hall–Kier alpha value is -1.70. The molecular formula is C13H11ClN4O2S. The zero-order chi connectivity index (χ0) is 14.2. The van der Waals surface area contributed by atoms with Crippen molar-refractivity contribution in [1.29, 1.82) is 0 Å². The number of thiophene rings is 1. The van der Waals surface area contributed by atoms with E-state index in [1.807, 2.05) is 6.07 Å². The van der Waals surface area contributed by atoms with Gasteiger partial charge in [0.1, 0.15) is 10.6 Å². The molecule has 1 saturated heterocycles. The van der Waals surface area contributed by atoms with Crippen molar-refractivity contribution in [2.75, 3.05) is 31.2 Å². The van der Waals surface area contributed by atoms with Gasteiger partial charge in [0.25, 0.3) is 0 Å².